The lowest BCUT2D eigenvalue weighted by Gasteiger charge is -2.23. The Morgan fingerprint density at radius 2 is 1.88 bits per heavy atom. The molecule has 0 aromatic heterocycles. The van der Waals surface area contributed by atoms with Gasteiger partial charge in [-0.2, -0.15) is 0 Å². The number of nitrogens with zero attached hydrogens (tertiary/aromatic N) is 1. The molecule has 0 aliphatic carbocycles. The van der Waals surface area contributed by atoms with Gasteiger partial charge in [0.05, 0.1) is 15.5 Å². The van der Waals surface area contributed by atoms with Crippen LogP contribution in [0.3, 0.4) is 0 Å². The lowest BCUT2D eigenvalue weighted by atomic mass is 10.0. The summed E-state index contributed by atoms with van der Waals surface area (Å²) in [5.41, 5.74) is -0.130. The van der Waals surface area contributed by atoms with Crippen LogP contribution in [0.2, 0.25) is 5.02 Å². The van der Waals surface area contributed by atoms with E-state index in [2.05, 4.69) is 16.0 Å². The number of carbonyl (C=O) groups excluding carboxylic acids is 2. The highest BCUT2D eigenvalue weighted by Crippen LogP contribution is 2.22. The Hall–Kier alpha value is -1.90. The third kappa shape index (κ3) is 6.78. The average Bonchev–Trinajstić information content (AvgIpc) is 2.56. The van der Waals surface area contributed by atoms with Crippen molar-refractivity contribution in [2.45, 2.75) is 32.9 Å². The van der Waals surface area contributed by atoms with E-state index in [9.17, 15) is 19.7 Å². The Morgan fingerprint density at radius 1 is 1.27 bits per heavy atom. The van der Waals surface area contributed by atoms with Crippen LogP contribution < -0.4 is 16.0 Å². The van der Waals surface area contributed by atoms with Gasteiger partial charge in [0.15, 0.2) is 0 Å². The molecule has 2 amide bonds. The van der Waals surface area contributed by atoms with Crippen molar-refractivity contribution in [2.24, 2.45) is 5.92 Å². The van der Waals surface area contributed by atoms with Gasteiger partial charge in [-0.1, -0.05) is 25.4 Å². The van der Waals surface area contributed by atoms with Crippen LogP contribution in [0.5, 0.6) is 0 Å². The zero-order chi connectivity index (χ0) is 19.1. The van der Waals surface area contributed by atoms with Gasteiger partial charge >= 0.3 is 0 Å². The monoisotopic (exact) mass is 406 g/mol. The summed E-state index contributed by atoms with van der Waals surface area (Å²) in [5, 5.41) is 19.1. The maximum atomic E-state index is 12.4. The molecule has 0 heterocycles. The Morgan fingerprint density at radius 3 is 2.35 bits per heavy atom. The molecule has 146 valence electrons. The molecule has 8 nitrogen and oxygen atoms in total. The van der Waals surface area contributed by atoms with E-state index < -0.39 is 16.9 Å². The number of hydrogen-bond acceptors (Lipinski definition) is 5. The number of non-ortho nitro benzene ring substituents is 1. The number of halogens is 2. The number of nitro benzene ring substituents is 1. The summed E-state index contributed by atoms with van der Waals surface area (Å²) in [6.07, 6.45) is 0. The summed E-state index contributed by atoms with van der Waals surface area (Å²) in [6.45, 7) is 5.96. The smallest absolute Gasteiger partial charge is 0.270 e. The van der Waals surface area contributed by atoms with Gasteiger partial charge in [0.1, 0.15) is 6.04 Å². The first-order chi connectivity index (χ1) is 11.7. The fourth-order valence-corrected chi connectivity index (χ4v) is 2.28. The Labute approximate surface area is 163 Å². The zero-order valence-corrected chi connectivity index (χ0v) is 16.6. The average molecular weight is 407 g/mol. The largest absolute Gasteiger partial charge is 0.353 e. The molecule has 0 aliphatic rings. The molecule has 2 atom stereocenters. The molecule has 0 saturated carbocycles. The predicted octanol–water partition coefficient (Wildman–Crippen LogP) is 2.15. The van der Waals surface area contributed by atoms with Crippen molar-refractivity contribution in [1.82, 2.24) is 16.0 Å². The minimum absolute atomic E-state index is 0. The molecule has 3 N–H and O–H groups in total. The van der Waals surface area contributed by atoms with E-state index in [0.717, 1.165) is 6.07 Å². The lowest BCUT2D eigenvalue weighted by molar-refractivity contribution is -0.384. The normalized spacial score (nSPS) is 12.7. The van der Waals surface area contributed by atoms with Crippen molar-refractivity contribution in [3.63, 3.8) is 0 Å². The molecule has 0 aliphatic heterocycles. The molecule has 0 fully saturated rings. The highest BCUT2D eigenvalue weighted by molar-refractivity contribution is 6.34. The first kappa shape index (κ1) is 24.1. The Bertz CT molecular complexity index is 655. The van der Waals surface area contributed by atoms with E-state index in [1.807, 2.05) is 20.8 Å². The third-order valence-corrected chi connectivity index (χ3v) is 4.03. The van der Waals surface area contributed by atoms with E-state index in [-0.39, 0.29) is 46.5 Å². The molecular formula is C16H24Cl2N4O4. The lowest BCUT2D eigenvalue weighted by Crippen LogP contribution is -2.51. The molecule has 1 aromatic carbocycles. The molecule has 0 spiro atoms. The van der Waals surface area contributed by atoms with Crippen LogP contribution >= 0.6 is 24.0 Å². The number of rotatable bonds is 8. The van der Waals surface area contributed by atoms with Gasteiger partial charge in [0.25, 0.3) is 11.6 Å². The highest BCUT2D eigenvalue weighted by atomic mass is 35.5. The second kappa shape index (κ2) is 10.9. The zero-order valence-electron chi connectivity index (χ0n) is 15.0. The summed E-state index contributed by atoms with van der Waals surface area (Å²) >= 11 is 5.96. The molecule has 2 unspecified atom stereocenters. The number of carbonyl (C=O) groups is 2. The minimum Gasteiger partial charge on any atom is -0.353 e. The summed E-state index contributed by atoms with van der Waals surface area (Å²) < 4.78 is 0. The van der Waals surface area contributed by atoms with E-state index in [1.165, 1.54) is 12.1 Å². The summed E-state index contributed by atoms with van der Waals surface area (Å²) in [5.74, 6) is -1.01. The molecular weight excluding hydrogens is 383 g/mol. The van der Waals surface area contributed by atoms with Crippen LogP contribution in [0.15, 0.2) is 18.2 Å². The van der Waals surface area contributed by atoms with Gasteiger partial charge in [-0.05, 0) is 26.0 Å². The Kier molecular flexibility index (Phi) is 10.1. The molecule has 1 rings (SSSR count). The van der Waals surface area contributed by atoms with E-state index in [4.69, 9.17) is 11.6 Å². The van der Waals surface area contributed by atoms with Crippen LogP contribution in [-0.4, -0.2) is 42.4 Å². The summed E-state index contributed by atoms with van der Waals surface area (Å²) in [6, 6.07) is 2.92. The van der Waals surface area contributed by atoms with Crippen LogP contribution in [-0.2, 0) is 4.79 Å². The quantitative estimate of drug-likeness (QED) is 0.452. The van der Waals surface area contributed by atoms with Gasteiger partial charge in [-0.3, -0.25) is 19.7 Å². The molecule has 10 heteroatoms. The van der Waals surface area contributed by atoms with E-state index in [0.29, 0.717) is 6.54 Å². The fraction of sp³-hybridized carbons (Fsp3) is 0.500. The van der Waals surface area contributed by atoms with Crippen molar-refractivity contribution in [3.05, 3.63) is 38.9 Å². The van der Waals surface area contributed by atoms with Crippen molar-refractivity contribution in [3.8, 4) is 0 Å². The SMILES string of the molecule is CNC(C)CNC(=O)C(NC(=O)c1ccc([N+](=O)[O-])cc1Cl)C(C)C.Cl. The molecule has 26 heavy (non-hydrogen) atoms. The van der Waals surface area contributed by atoms with Crippen molar-refractivity contribution < 1.29 is 14.5 Å². The summed E-state index contributed by atoms with van der Waals surface area (Å²) in [4.78, 5) is 34.9. The molecule has 0 radical (unpaired) electrons. The first-order valence-electron chi connectivity index (χ1n) is 7.87. The van der Waals surface area contributed by atoms with Gasteiger partial charge in [0.2, 0.25) is 5.91 Å². The standard InChI is InChI=1S/C16H23ClN4O4.ClH/c1-9(2)14(16(23)19-8-10(3)18-4)20-15(22)12-6-5-11(21(24)25)7-13(12)17;/h5-7,9-10,14,18H,8H2,1-4H3,(H,19,23)(H,20,22);1H. The second-order valence-electron chi connectivity index (χ2n) is 6.05. The van der Waals surface area contributed by atoms with Gasteiger partial charge < -0.3 is 16.0 Å². The van der Waals surface area contributed by atoms with Crippen molar-refractivity contribution >= 4 is 41.5 Å². The minimum atomic E-state index is -0.747. The van der Waals surface area contributed by atoms with Gasteiger partial charge in [-0.25, -0.2) is 0 Å². The number of nitro groups is 1. The van der Waals surface area contributed by atoms with Crippen LogP contribution in [0, 0.1) is 16.0 Å². The van der Waals surface area contributed by atoms with Crippen LogP contribution in [0.25, 0.3) is 0 Å². The molecule has 1 aromatic rings. The second-order valence-corrected chi connectivity index (χ2v) is 6.46. The van der Waals surface area contributed by atoms with Crippen molar-refractivity contribution in [1.29, 1.82) is 0 Å². The van der Waals surface area contributed by atoms with Crippen LogP contribution in [0.1, 0.15) is 31.1 Å². The Balaban J connectivity index is 0.00000625. The first-order valence-corrected chi connectivity index (χ1v) is 8.25. The van der Waals surface area contributed by atoms with Crippen molar-refractivity contribution in [2.75, 3.05) is 13.6 Å². The van der Waals surface area contributed by atoms with E-state index >= 15 is 0 Å². The summed E-state index contributed by atoms with van der Waals surface area (Å²) in [7, 11) is 1.79. The number of nitrogens with one attached hydrogen (secondary N) is 3. The number of benzene rings is 1. The van der Waals surface area contributed by atoms with E-state index in [1.54, 1.807) is 7.05 Å². The number of likely N-dealkylation sites (N-methyl/N-ethyl adjacent to an activating group) is 1. The van der Waals surface area contributed by atoms with Gasteiger partial charge in [-0.15, -0.1) is 12.4 Å². The third-order valence-electron chi connectivity index (χ3n) is 3.72. The number of hydrogen-bond donors (Lipinski definition) is 3. The molecule has 0 bridgehead atoms. The highest BCUT2D eigenvalue weighted by Gasteiger charge is 2.26. The van der Waals surface area contributed by atoms with Gasteiger partial charge in [0, 0.05) is 24.7 Å². The fourth-order valence-electron chi connectivity index (χ4n) is 2.02. The number of amides is 2. The molecule has 0 saturated heterocycles. The van der Waals surface area contributed by atoms with Crippen LogP contribution in [0.4, 0.5) is 5.69 Å². The maximum Gasteiger partial charge on any atom is 0.270 e. The predicted molar refractivity (Wildman–Crippen MR) is 103 cm³/mol. The topological polar surface area (TPSA) is 113 Å². The maximum absolute atomic E-state index is 12.4.